The van der Waals surface area contributed by atoms with E-state index in [2.05, 4.69) is 53.4 Å². The molecule has 0 saturated heterocycles. The van der Waals surface area contributed by atoms with Crippen LogP contribution >= 0.6 is 11.6 Å². The molecule has 5 heteroatoms. The highest BCUT2D eigenvalue weighted by molar-refractivity contribution is 6.31. The fourth-order valence-electron chi connectivity index (χ4n) is 3.89. The minimum absolute atomic E-state index is 0.246. The molecule has 2 aliphatic rings. The van der Waals surface area contributed by atoms with Gasteiger partial charge in [-0.2, -0.15) is 0 Å². The molecule has 0 aromatic heterocycles. The van der Waals surface area contributed by atoms with Crippen molar-refractivity contribution in [2.75, 3.05) is 11.9 Å². The van der Waals surface area contributed by atoms with E-state index in [1.165, 1.54) is 5.56 Å². The highest BCUT2D eigenvalue weighted by atomic mass is 35.5. The van der Waals surface area contributed by atoms with E-state index in [-0.39, 0.29) is 12.3 Å². The van der Waals surface area contributed by atoms with Gasteiger partial charge in [-0.1, -0.05) is 76.9 Å². The summed E-state index contributed by atoms with van der Waals surface area (Å²) in [7, 11) is 2.02. The lowest BCUT2D eigenvalue weighted by Gasteiger charge is -2.26. The first kappa shape index (κ1) is 18.0. The fourth-order valence-corrected chi connectivity index (χ4v) is 4.06. The lowest BCUT2D eigenvalue weighted by Crippen LogP contribution is -2.41. The van der Waals surface area contributed by atoms with Gasteiger partial charge in [-0.3, -0.25) is 4.99 Å². The molecule has 4 nitrogen and oxygen atoms in total. The van der Waals surface area contributed by atoms with Crippen LogP contribution in [0.25, 0.3) is 0 Å². The Kier molecular flexibility index (Phi) is 4.36. The molecule has 0 spiro atoms. The molecule has 0 fully saturated rings. The van der Waals surface area contributed by atoms with E-state index in [0.717, 1.165) is 33.8 Å². The van der Waals surface area contributed by atoms with E-state index in [9.17, 15) is 0 Å². The number of aryl methyl sites for hydroxylation is 1. The number of halogens is 1. The molecule has 3 aromatic rings. The van der Waals surface area contributed by atoms with Crippen LogP contribution in [0.5, 0.6) is 0 Å². The molecule has 0 radical (unpaired) electrons. The van der Waals surface area contributed by atoms with Crippen molar-refractivity contribution in [2.45, 2.75) is 19.2 Å². The van der Waals surface area contributed by atoms with Crippen LogP contribution in [0.1, 0.15) is 22.3 Å². The second-order valence-electron chi connectivity index (χ2n) is 7.40. The average molecular weight is 402 g/mol. The third-order valence-corrected chi connectivity index (χ3v) is 5.68. The van der Waals surface area contributed by atoms with Gasteiger partial charge in [-0.25, -0.2) is 0 Å². The van der Waals surface area contributed by atoms with Crippen molar-refractivity contribution in [1.82, 2.24) is 0 Å². The molecule has 0 bridgehead atoms. The first-order valence-electron chi connectivity index (χ1n) is 9.58. The zero-order valence-electron chi connectivity index (χ0n) is 16.2. The molecule has 3 aromatic carbocycles. The molecule has 2 atom stereocenters. The summed E-state index contributed by atoms with van der Waals surface area (Å²) < 4.78 is 0. The van der Waals surface area contributed by atoms with Crippen molar-refractivity contribution in [3.63, 3.8) is 0 Å². The monoisotopic (exact) mass is 401 g/mol. The topological polar surface area (TPSA) is 37.2 Å². The number of benzene rings is 3. The molecule has 29 heavy (non-hydrogen) atoms. The summed E-state index contributed by atoms with van der Waals surface area (Å²) in [5.41, 5.74) is 7.02. The normalized spacial score (nSPS) is 20.2. The van der Waals surface area contributed by atoms with Gasteiger partial charge in [0.15, 0.2) is 6.04 Å². The van der Waals surface area contributed by atoms with Crippen LogP contribution in [0.2, 0.25) is 5.02 Å². The second-order valence-corrected chi connectivity index (χ2v) is 7.84. The predicted octanol–water partition coefficient (Wildman–Crippen LogP) is 5.06. The number of hydrogen-bond acceptors (Lipinski definition) is 4. The third kappa shape index (κ3) is 3.10. The number of nitrogens with zero attached hydrogens (tertiary/aromatic N) is 3. The van der Waals surface area contributed by atoms with Crippen LogP contribution < -0.4 is 4.90 Å². The summed E-state index contributed by atoms with van der Waals surface area (Å²) in [5, 5.41) is 5.11. The summed E-state index contributed by atoms with van der Waals surface area (Å²) in [4.78, 5) is 13.2. The van der Waals surface area contributed by atoms with Gasteiger partial charge >= 0.3 is 0 Å². The number of oxime groups is 1. The van der Waals surface area contributed by atoms with Crippen molar-refractivity contribution in [3.05, 3.63) is 100 Å². The van der Waals surface area contributed by atoms with Crippen LogP contribution in [0.3, 0.4) is 0 Å². The van der Waals surface area contributed by atoms with Crippen molar-refractivity contribution in [1.29, 1.82) is 0 Å². The smallest absolute Gasteiger partial charge is 0.228 e. The van der Waals surface area contributed by atoms with E-state index in [4.69, 9.17) is 21.4 Å². The maximum absolute atomic E-state index is 6.36. The van der Waals surface area contributed by atoms with Crippen LogP contribution in [0, 0.1) is 6.92 Å². The van der Waals surface area contributed by atoms with Gasteiger partial charge in [0.2, 0.25) is 6.23 Å². The summed E-state index contributed by atoms with van der Waals surface area (Å²) >= 11 is 6.36. The molecular formula is C24H20ClN3O. The van der Waals surface area contributed by atoms with E-state index >= 15 is 0 Å². The molecule has 2 aliphatic heterocycles. The lowest BCUT2D eigenvalue weighted by atomic mass is 9.99. The van der Waals surface area contributed by atoms with Crippen molar-refractivity contribution < 1.29 is 4.84 Å². The number of fused-ring (bicyclic) bond motifs is 2. The molecule has 0 saturated carbocycles. The van der Waals surface area contributed by atoms with Crippen LogP contribution in [-0.2, 0) is 4.84 Å². The Morgan fingerprint density at radius 1 is 0.931 bits per heavy atom. The minimum Gasteiger partial charge on any atom is -0.367 e. The van der Waals surface area contributed by atoms with Gasteiger partial charge in [0.1, 0.15) is 5.71 Å². The van der Waals surface area contributed by atoms with Gasteiger partial charge in [0.25, 0.3) is 0 Å². The zero-order valence-corrected chi connectivity index (χ0v) is 17.0. The largest absolute Gasteiger partial charge is 0.367 e. The quantitative estimate of drug-likeness (QED) is 0.601. The summed E-state index contributed by atoms with van der Waals surface area (Å²) in [6, 6.07) is 24.2. The third-order valence-electron chi connectivity index (χ3n) is 5.45. The molecule has 5 rings (SSSR count). The number of hydrogen-bond donors (Lipinski definition) is 0. The van der Waals surface area contributed by atoms with Gasteiger partial charge in [0, 0.05) is 34.4 Å². The molecule has 2 heterocycles. The number of anilines is 1. The Bertz CT molecular complexity index is 1120. The number of rotatable bonds is 2. The van der Waals surface area contributed by atoms with Crippen LogP contribution in [-0.4, -0.2) is 30.7 Å². The summed E-state index contributed by atoms with van der Waals surface area (Å²) in [6.45, 7) is 2.07. The maximum Gasteiger partial charge on any atom is 0.228 e. The first-order valence-corrected chi connectivity index (χ1v) is 9.96. The Labute approximate surface area is 175 Å². The Balaban J connectivity index is 1.69. The first-order chi connectivity index (χ1) is 14.1. The Morgan fingerprint density at radius 2 is 1.69 bits per heavy atom. The van der Waals surface area contributed by atoms with E-state index in [1.807, 2.05) is 43.4 Å². The predicted molar refractivity (Wildman–Crippen MR) is 118 cm³/mol. The fraction of sp³-hybridized carbons (Fsp3) is 0.167. The standard InChI is InChI=1S/C24H20ClN3O/c1-15-8-10-17(11-9-15)22-23-24(29-27-22)28(2)20-13-12-18(25)14-19(20)21(26-23)16-6-4-3-5-7-16/h3-14,23-24H,1-2H3. The van der Waals surface area contributed by atoms with E-state index in [1.54, 1.807) is 0 Å². The van der Waals surface area contributed by atoms with E-state index < -0.39 is 0 Å². The highest BCUT2D eigenvalue weighted by Crippen LogP contribution is 2.35. The lowest BCUT2D eigenvalue weighted by molar-refractivity contribution is 0.0790. The van der Waals surface area contributed by atoms with Gasteiger partial charge in [0.05, 0.1) is 5.71 Å². The SMILES string of the molecule is Cc1ccc(C2=NOC3C2N=C(c2ccccc2)c2cc(Cl)ccc2N3C)cc1. The molecule has 0 amide bonds. The molecule has 0 N–H and O–H groups in total. The van der Waals surface area contributed by atoms with Crippen molar-refractivity contribution in [3.8, 4) is 0 Å². The molecule has 0 aliphatic carbocycles. The second kappa shape index (κ2) is 7.05. The summed E-state index contributed by atoms with van der Waals surface area (Å²) in [5.74, 6) is 0. The maximum atomic E-state index is 6.36. The van der Waals surface area contributed by atoms with Gasteiger partial charge in [-0.15, -0.1) is 0 Å². The van der Waals surface area contributed by atoms with Crippen molar-refractivity contribution >= 4 is 28.7 Å². The number of likely N-dealkylation sites (N-methyl/N-ethyl adjacent to an activating group) is 1. The van der Waals surface area contributed by atoms with Crippen LogP contribution in [0.15, 0.2) is 82.9 Å². The Hall–Kier alpha value is -3.11. The summed E-state index contributed by atoms with van der Waals surface area (Å²) in [6.07, 6.45) is -0.313. The highest BCUT2D eigenvalue weighted by Gasteiger charge is 2.41. The molecule has 144 valence electrons. The minimum atomic E-state index is -0.313. The Morgan fingerprint density at radius 3 is 2.45 bits per heavy atom. The van der Waals surface area contributed by atoms with E-state index in [0.29, 0.717) is 5.02 Å². The average Bonchev–Trinajstić information content (AvgIpc) is 3.11. The van der Waals surface area contributed by atoms with Crippen LogP contribution in [0.4, 0.5) is 5.69 Å². The number of aliphatic imine (C=N–C) groups is 1. The van der Waals surface area contributed by atoms with Gasteiger partial charge in [-0.05, 0) is 25.1 Å². The molecular weight excluding hydrogens is 382 g/mol. The zero-order chi connectivity index (χ0) is 20.0. The van der Waals surface area contributed by atoms with Crippen molar-refractivity contribution in [2.24, 2.45) is 10.1 Å². The molecule has 2 unspecified atom stereocenters. The van der Waals surface area contributed by atoms with Gasteiger partial charge < -0.3 is 9.74 Å².